The van der Waals surface area contributed by atoms with E-state index in [2.05, 4.69) is 0 Å². The molecule has 0 heterocycles. The highest BCUT2D eigenvalue weighted by molar-refractivity contribution is 5.87. The summed E-state index contributed by atoms with van der Waals surface area (Å²) in [5, 5.41) is 0. The average molecular weight is 249 g/mol. The van der Waals surface area contributed by atoms with E-state index in [1.54, 1.807) is 33.3 Å². The Morgan fingerprint density at radius 2 is 1.72 bits per heavy atom. The number of carbonyl (C=O) groups is 2. The number of amides is 2. The van der Waals surface area contributed by atoms with Crippen molar-refractivity contribution in [2.45, 2.75) is 6.04 Å². The summed E-state index contributed by atoms with van der Waals surface area (Å²) in [7, 11) is 4.88. The maximum atomic E-state index is 12.0. The summed E-state index contributed by atoms with van der Waals surface area (Å²) in [6, 6.07) is 8.38. The van der Waals surface area contributed by atoms with Gasteiger partial charge in [-0.2, -0.15) is 0 Å². The molecular formula is C13H19N3O2. The molecule has 5 nitrogen and oxygen atoms in total. The van der Waals surface area contributed by atoms with Crippen LogP contribution in [0.5, 0.6) is 0 Å². The molecule has 0 aliphatic rings. The molecule has 2 N–H and O–H groups in total. The van der Waals surface area contributed by atoms with E-state index in [0.717, 1.165) is 5.56 Å². The maximum Gasteiger partial charge on any atom is 0.244 e. The molecule has 1 aromatic carbocycles. The Morgan fingerprint density at radius 3 is 2.22 bits per heavy atom. The van der Waals surface area contributed by atoms with Crippen LogP contribution in [0.25, 0.3) is 0 Å². The standard InChI is InChI=1S/C13H19N3O2/c1-15(2)11(17)9-16(3)13(18)12(14)10-7-5-4-6-8-10/h4-8,12H,9,14H2,1-3H3. The quantitative estimate of drug-likeness (QED) is 0.831. The fraction of sp³-hybridized carbons (Fsp3) is 0.385. The Bertz CT molecular complexity index is 418. The molecule has 0 bridgehead atoms. The average Bonchev–Trinajstić information content (AvgIpc) is 2.37. The molecule has 0 fully saturated rings. The van der Waals surface area contributed by atoms with Crippen molar-refractivity contribution in [1.29, 1.82) is 0 Å². The summed E-state index contributed by atoms with van der Waals surface area (Å²) in [5.41, 5.74) is 6.62. The third-order valence-corrected chi connectivity index (χ3v) is 2.67. The lowest BCUT2D eigenvalue weighted by molar-refractivity contribution is -0.138. The molecule has 0 saturated carbocycles. The molecule has 0 spiro atoms. The monoisotopic (exact) mass is 249 g/mol. The molecule has 2 amide bonds. The van der Waals surface area contributed by atoms with Crippen LogP contribution in [0.2, 0.25) is 0 Å². The first kappa shape index (κ1) is 14.2. The summed E-state index contributed by atoms with van der Waals surface area (Å²) in [6.45, 7) is 0.0341. The number of rotatable bonds is 4. The first-order valence-electron chi connectivity index (χ1n) is 5.69. The number of hydrogen-bond acceptors (Lipinski definition) is 3. The van der Waals surface area contributed by atoms with E-state index in [0.29, 0.717) is 0 Å². The molecule has 1 unspecified atom stereocenters. The summed E-state index contributed by atoms with van der Waals surface area (Å²) in [6.07, 6.45) is 0. The lowest BCUT2D eigenvalue weighted by Gasteiger charge is -2.22. The van der Waals surface area contributed by atoms with Gasteiger partial charge in [0, 0.05) is 21.1 Å². The van der Waals surface area contributed by atoms with Gasteiger partial charge in [-0.3, -0.25) is 9.59 Å². The van der Waals surface area contributed by atoms with Gasteiger partial charge in [-0.25, -0.2) is 0 Å². The topological polar surface area (TPSA) is 66.6 Å². The Morgan fingerprint density at radius 1 is 1.17 bits per heavy atom. The number of likely N-dealkylation sites (N-methyl/N-ethyl adjacent to an activating group) is 2. The predicted molar refractivity (Wildman–Crippen MR) is 69.7 cm³/mol. The molecule has 0 radical (unpaired) electrons. The van der Waals surface area contributed by atoms with Crippen LogP contribution in [0.4, 0.5) is 0 Å². The van der Waals surface area contributed by atoms with E-state index in [4.69, 9.17) is 5.73 Å². The van der Waals surface area contributed by atoms with Gasteiger partial charge in [-0.05, 0) is 5.56 Å². The first-order chi connectivity index (χ1) is 8.43. The van der Waals surface area contributed by atoms with Crippen molar-refractivity contribution in [3.05, 3.63) is 35.9 Å². The second-order valence-corrected chi connectivity index (χ2v) is 4.37. The summed E-state index contributed by atoms with van der Waals surface area (Å²) >= 11 is 0. The third kappa shape index (κ3) is 3.56. The Balaban J connectivity index is 2.67. The van der Waals surface area contributed by atoms with E-state index in [9.17, 15) is 9.59 Å². The number of carbonyl (C=O) groups excluding carboxylic acids is 2. The molecule has 5 heteroatoms. The maximum absolute atomic E-state index is 12.0. The van der Waals surface area contributed by atoms with E-state index in [-0.39, 0.29) is 18.4 Å². The lowest BCUT2D eigenvalue weighted by Crippen LogP contribution is -2.41. The number of benzene rings is 1. The molecule has 18 heavy (non-hydrogen) atoms. The van der Waals surface area contributed by atoms with Gasteiger partial charge in [0.15, 0.2) is 0 Å². The van der Waals surface area contributed by atoms with Crippen LogP contribution in [0.1, 0.15) is 11.6 Å². The molecule has 0 saturated heterocycles. The highest BCUT2D eigenvalue weighted by atomic mass is 16.2. The zero-order valence-corrected chi connectivity index (χ0v) is 11.0. The molecule has 98 valence electrons. The third-order valence-electron chi connectivity index (χ3n) is 2.67. The highest BCUT2D eigenvalue weighted by Gasteiger charge is 2.21. The van der Waals surface area contributed by atoms with Crippen LogP contribution in [-0.2, 0) is 9.59 Å². The minimum Gasteiger partial charge on any atom is -0.347 e. The van der Waals surface area contributed by atoms with E-state index in [1.807, 2.05) is 18.2 Å². The fourth-order valence-electron chi connectivity index (χ4n) is 1.46. The van der Waals surface area contributed by atoms with Crippen LogP contribution in [0, 0.1) is 0 Å². The number of nitrogens with two attached hydrogens (primary N) is 1. The predicted octanol–water partition coefficient (Wildman–Crippen LogP) is 0.233. The molecule has 1 aromatic rings. The van der Waals surface area contributed by atoms with Gasteiger partial charge in [0.1, 0.15) is 6.04 Å². The van der Waals surface area contributed by atoms with Gasteiger partial charge >= 0.3 is 0 Å². The van der Waals surface area contributed by atoms with Crippen molar-refractivity contribution in [2.75, 3.05) is 27.7 Å². The first-order valence-corrected chi connectivity index (χ1v) is 5.69. The Hall–Kier alpha value is -1.88. The second-order valence-electron chi connectivity index (χ2n) is 4.37. The van der Waals surface area contributed by atoms with Crippen molar-refractivity contribution < 1.29 is 9.59 Å². The second kappa shape index (κ2) is 6.16. The largest absolute Gasteiger partial charge is 0.347 e. The van der Waals surface area contributed by atoms with E-state index >= 15 is 0 Å². The van der Waals surface area contributed by atoms with Gasteiger partial charge in [-0.15, -0.1) is 0 Å². The van der Waals surface area contributed by atoms with Crippen LogP contribution in [0.15, 0.2) is 30.3 Å². The number of hydrogen-bond donors (Lipinski definition) is 1. The smallest absolute Gasteiger partial charge is 0.244 e. The summed E-state index contributed by atoms with van der Waals surface area (Å²) in [5.74, 6) is -0.400. The molecule has 0 aliphatic carbocycles. The number of nitrogens with zero attached hydrogens (tertiary/aromatic N) is 2. The highest BCUT2D eigenvalue weighted by Crippen LogP contribution is 2.11. The summed E-state index contributed by atoms with van der Waals surface area (Å²) in [4.78, 5) is 26.3. The van der Waals surface area contributed by atoms with Crippen LogP contribution < -0.4 is 5.73 Å². The molecule has 1 atom stereocenters. The van der Waals surface area contributed by atoms with Gasteiger partial charge in [0.2, 0.25) is 11.8 Å². The van der Waals surface area contributed by atoms with Crippen LogP contribution in [-0.4, -0.2) is 49.3 Å². The minimum atomic E-state index is -0.730. The van der Waals surface area contributed by atoms with E-state index in [1.165, 1.54) is 9.80 Å². The molecular weight excluding hydrogens is 230 g/mol. The van der Waals surface area contributed by atoms with Crippen molar-refractivity contribution in [3.8, 4) is 0 Å². The lowest BCUT2D eigenvalue weighted by atomic mass is 10.1. The van der Waals surface area contributed by atoms with E-state index < -0.39 is 6.04 Å². The van der Waals surface area contributed by atoms with Crippen molar-refractivity contribution in [2.24, 2.45) is 5.73 Å². The molecule has 0 aliphatic heterocycles. The zero-order valence-electron chi connectivity index (χ0n) is 11.0. The van der Waals surface area contributed by atoms with Gasteiger partial charge < -0.3 is 15.5 Å². The SMILES string of the molecule is CN(C)C(=O)CN(C)C(=O)C(N)c1ccccc1. The van der Waals surface area contributed by atoms with Gasteiger partial charge in [0.25, 0.3) is 0 Å². The summed E-state index contributed by atoms with van der Waals surface area (Å²) < 4.78 is 0. The van der Waals surface area contributed by atoms with Crippen molar-refractivity contribution in [1.82, 2.24) is 9.80 Å². The van der Waals surface area contributed by atoms with Gasteiger partial charge in [0.05, 0.1) is 6.54 Å². The normalized spacial score (nSPS) is 11.8. The van der Waals surface area contributed by atoms with Gasteiger partial charge in [-0.1, -0.05) is 30.3 Å². The van der Waals surface area contributed by atoms with Crippen LogP contribution in [0.3, 0.4) is 0 Å². The van der Waals surface area contributed by atoms with Crippen molar-refractivity contribution in [3.63, 3.8) is 0 Å². The molecule has 0 aromatic heterocycles. The van der Waals surface area contributed by atoms with Crippen molar-refractivity contribution >= 4 is 11.8 Å². The van der Waals surface area contributed by atoms with Crippen LogP contribution >= 0.6 is 0 Å². The Kier molecular flexibility index (Phi) is 4.85. The fourth-order valence-corrected chi connectivity index (χ4v) is 1.46. The Labute approximate surface area is 107 Å². The molecule has 1 rings (SSSR count). The zero-order chi connectivity index (χ0) is 13.7. The minimum absolute atomic E-state index is 0.0341.